The third-order valence-electron chi connectivity index (χ3n) is 2.76. The van der Waals surface area contributed by atoms with E-state index >= 15 is 0 Å². The van der Waals surface area contributed by atoms with Crippen molar-refractivity contribution in [2.75, 3.05) is 6.61 Å². The number of carbonyl (C=O) groups is 1. The van der Waals surface area contributed by atoms with Gasteiger partial charge in [-0.05, 0) is 25.5 Å². The van der Waals surface area contributed by atoms with Crippen molar-refractivity contribution < 1.29 is 13.9 Å². The van der Waals surface area contributed by atoms with Gasteiger partial charge in [0.05, 0.1) is 23.9 Å². The number of ether oxygens (including phenoxy) is 1. The van der Waals surface area contributed by atoms with Gasteiger partial charge in [-0.1, -0.05) is 12.1 Å². The van der Waals surface area contributed by atoms with Crippen LogP contribution in [0.1, 0.15) is 24.8 Å². The van der Waals surface area contributed by atoms with Crippen LogP contribution in [-0.2, 0) is 16.0 Å². The monoisotopic (exact) mass is 261 g/mol. The summed E-state index contributed by atoms with van der Waals surface area (Å²) in [4.78, 5) is 27.4. The first-order valence-corrected chi connectivity index (χ1v) is 6.16. The molecule has 0 spiro atoms. The average Bonchev–Trinajstić information content (AvgIpc) is 2.36. The Hall–Kier alpha value is -2.17. The van der Waals surface area contributed by atoms with Crippen LogP contribution in [0.25, 0.3) is 10.9 Å². The van der Waals surface area contributed by atoms with Gasteiger partial charge in [-0.15, -0.1) is 0 Å². The number of rotatable bonds is 4. The van der Waals surface area contributed by atoms with E-state index in [4.69, 9.17) is 9.15 Å². The van der Waals surface area contributed by atoms with Crippen LogP contribution < -0.4 is 5.63 Å². The van der Waals surface area contributed by atoms with Gasteiger partial charge in [-0.25, -0.2) is 9.78 Å². The molecule has 0 unspecified atom stereocenters. The Bertz CT molecular complexity index is 660. The van der Waals surface area contributed by atoms with Gasteiger partial charge in [0.2, 0.25) is 0 Å². The van der Waals surface area contributed by atoms with Crippen LogP contribution in [0.3, 0.4) is 0 Å². The summed E-state index contributed by atoms with van der Waals surface area (Å²) in [5.74, 6) is -0.0626. The van der Waals surface area contributed by atoms with Crippen molar-refractivity contribution in [2.24, 2.45) is 0 Å². The van der Waals surface area contributed by atoms with E-state index in [2.05, 4.69) is 4.98 Å². The average molecular weight is 261 g/mol. The first kappa shape index (κ1) is 13.3. The topological polar surface area (TPSA) is 69.4 Å². The molecule has 0 aliphatic rings. The van der Waals surface area contributed by atoms with Crippen LogP contribution in [0.5, 0.6) is 0 Å². The molecule has 1 aromatic heterocycles. The maximum Gasteiger partial charge on any atom is 0.347 e. The van der Waals surface area contributed by atoms with E-state index in [1.54, 1.807) is 13.0 Å². The van der Waals surface area contributed by atoms with Gasteiger partial charge in [-0.2, -0.15) is 0 Å². The van der Waals surface area contributed by atoms with E-state index in [0.29, 0.717) is 17.5 Å². The molecule has 0 amide bonds. The quantitative estimate of drug-likeness (QED) is 0.787. The highest BCUT2D eigenvalue weighted by atomic mass is 16.5. The van der Waals surface area contributed by atoms with Crippen LogP contribution >= 0.6 is 0 Å². The van der Waals surface area contributed by atoms with Gasteiger partial charge in [0.1, 0.15) is 0 Å². The normalized spacial score (nSPS) is 10.6. The summed E-state index contributed by atoms with van der Waals surface area (Å²) < 4.78 is 9.94. The molecule has 0 aliphatic heterocycles. The molecule has 5 nitrogen and oxygen atoms in total. The van der Waals surface area contributed by atoms with Gasteiger partial charge in [0, 0.05) is 6.42 Å². The van der Waals surface area contributed by atoms with E-state index < -0.39 is 5.63 Å². The maximum absolute atomic E-state index is 11.9. The van der Waals surface area contributed by atoms with Crippen molar-refractivity contribution in [1.82, 2.24) is 4.98 Å². The molecule has 1 heterocycles. The molecule has 0 atom stereocenters. The Labute approximate surface area is 110 Å². The largest absolute Gasteiger partial charge is 0.466 e. The Morgan fingerprint density at radius 2 is 2.21 bits per heavy atom. The van der Waals surface area contributed by atoms with Gasteiger partial charge < -0.3 is 9.15 Å². The fraction of sp³-hybridized carbons (Fsp3) is 0.357. The molecular weight excluding hydrogens is 246 g/mol. The first-order valence-electron chi connectivity index (χ1n) is 6.16. The van der Waals surface area contributed by atoms with Crippen molar-refractivity contribution in [3.63, 3.8) is 0 Å². The summed E-state index contributed by atoms with van der Waals surface area (Å²) in [6, 6.07) is 5.42. The number of nitrogens with zero attached hydrogens (tertiary/aromatic N) is 1. The molecule has 2 rings (SSSR count). The lowest BCUT2D eigenvalue weighted by Crippen LogP contribution is -2.10. The summed E-state index contributed by atoms with van der Waals surface area (Å²) in [5.41, 5.74) is 1.01. The van der Waals surface area contributed by atoms with E-state index in [0.717, 1.165) is 5.56 Å². The summed E-state index contributed by atoms with van der Waals surface area (Å²) >= 11 is 0. The standard InChI is InChI=1S/C14H15NO4/c1-3-18-12(16)8-7-11-15-10-6-4-5-9(2)13(10)14(17)19-11/h4-6H,3,7-8H2,1-2H3. The van der Waals surface area contributed by atoms with Gasteiger partial charge >= 0.3 is 11.6 Å². The predicted molar refractivity (Wildman–Crippen MR) is 70.0 cm³/mol. The molecule has 5 heteroatoms. The lowest BCUT2D eigenvalue weighted by molar-refractivity contribution is -0.143. The van der Waals surface area contributed by atoms with Crippen molar-refractivity contribution >= 4 is 16.9 Å². The minimum absolute atomic E-state index is 0.154. The Morgan fingerprint density at radius 1 is 1.42 bits per heavy atom. The van der Waals surface area contributed by atoms with Gasteiger partial charge in [-0.3, -0.25) is 4.79 Å². The number of aryl methyl sites for hydroxylation is 2. The van der Waals surface area contributed by atoms with Crippen LogP contribution in [0, 0.1) is 6.92 Å². The fourth-order valence-corrected chi connectivity index (χ4v) is 1.88. The van der Waals surface area contributed by atoms with Crippen molar-refractivity contribution in [2.45, 2.75) is 26.7 Å². The molecule has 0 saturated carbocycles. The molecular formula is C14H15NO4. The highest BCUT2D eigenvalue weighted by molar-refractivity contribution is 5.80. The number of aromatic nitrogens is 1. The van der Waals surface area contributed by atoms with E-state index in [9.17, 15) is 9.59 Å². The number of carbonyl (C=O) groups excluding carboxylic acids is 1. The lowest BCUT2D eigenvalue weighted by atomic mass is 10.1. The van der Waals surface area contributed by atoms with E-state index in [-0.39, 0.29) is 24.7 Å². The zero-order chi connectivity index (χ0) is 13.8. The van der Waals surface area contributed by atoms with Crippen LogP contribution in [0.4, 0.5) is 0 Å². The number of hydrogen-bond acceptors (Lipinski definition) is 5. The molecule has 19 heavy (non-hydrogen) atoms. The fourth-order valence-electron chi connectivity index (χ4n) is 1.88. The molecule has 0 fully saturated rings. The van der Waals surface area contributed by atoms with Crippen LogP contribution in [0.15, 0.2) is 27.4 Å². The summed E-state index contributed by atoms with van der Waals surface area (Å²) in [7, 11) is 0. The van der Waals surface area contributed by atoms with Crippen molar-refractivity contribution in [1.29, 1.82) is 0 Å². The third-order valence-corrected chi connectivity index (χ3v) is 2.76. The minimum Gasteiger partial charge on any atom is -0.466 e. The van der Waals surface area contributed by atoms with Crippen LogP contribution in [0.2, 0.25) is 0 Å². The van der Waals surface area contributed by atoms with Gasteiger partial charge in [0.15, 0.2) is 5.89 Å². The number of hydrogen-bond donors (Lipinski definition) is 0. The molecule has 2 aromatic rings. The highest BCUT2D eigenvalue weighted by Crippen LogP contribution is 2.13. The predicted octanol–water partition coefficient (Wildman–Crippen LogP) is 1.99. The minimum atomic E-state index is -0.415. The second kappa shape index (κ2) is 5.65. The second-order valence-electron chi connectivity index (χ2n) is 4.17. The number of benzene rings is 1. The molecule has 0 radical (unpaired) electrons. The van der Waals surface area contributed by atoms with Crippen LogP contribution in [-0.4, -0.2) is 17.6 Å². The van der Waals surface area contributed by atoms with Crippen molar-refractivity contribution in [3.8, 4) is 0 Å². The molecule has 100 valence electrons. The SMILES string of the molecule is CCOC(=O)CCc1nc2cccc(C)c2c(=O)o1. The summed E-state index contributed by atoms with van der Waals surface area (Å²) in [6.45, 7) is 3.92. The Morgan fingerprint density at radius 3 is 2.95 bits per heavy atom. The van der Waals surface area contributed by atoms with Gasteiger partial charge in [0.25, 0.3) is 0 Å². The van der Waals surface area contributed by atoms with E-state index in [1.165, 1.54) is 0 Å². The molecule has 0 aliphatic carbocycles. The highest BCUT2D eigenvalue weighted by Gasteiger charge is 2.10. The molecule has 1 aromatic carbocycles. The lowest BCUT2D eigenvalue weighted by Gasteiger charge is -2.03. The summed E-state index contributed by atoms with van der Waals surface area (Å²) in [6.07, 6.45) is 0.416. The number of fused-ring (bicyclic) bond motifs is 1. The number of esters is 1. The Balaban J connectivity index is 2.27. The molecule has 0 saturated heterocycles. The zero-order valence-corrected chi connectivity index (χ0v) is 10.9. The maximum atomic E-state index is 11.9. The first-order chi connectivity index (χ1) is 9.11. The zero-order valence-electron chi connectivity index (χ0n) is 10.9. The molecule has 0 bridgehead atoms. The van der Waals surface area contributed by atoms with E-state index in [1.807, 2.05) is 19.1 Å². The Kier molecular flexibility index (Phi) is 3.94. The summed E-state index contributed by atoms with van der Waals surface area (Å²) in [5, 5.41) is 0.488. The van der Waals surface area contributed by atoms with Crippen molar-refractivity contribution in [3.05, 3.63) is 40.1 Å². The third kappa shape index (κ3) is 2.99. The smallest absolute Gasteiger partial charge is 0.347 e. The second-order valence-corrected chi connectivity index (χ2v) is 4.17. The molecule has 0 N–H and O–H groups in total.